The third-order valence-corrected chi connectivity index (χ3v) is 13.1. The highest BCUT2D eigenvalue weighted by Gasteiger charge is 2.18. The first-order valence-electron chi connectivity index (χ1n) is 29.3. The molecule has 0 aromatic heterocycles. The minimum atomic E-state index is -0.864. The van der Waals surface area contributed by atoms with E-state index in [0.29, 0.717) is 6.42 Å². The Bertz CT molecular complexity index is 1190. The van der Waals surface area contributed by atoms with E-state index in [-0.39, 0.29) is 12.5 Å². The fourth-order valence-electron chi connectivity index (χ4n) is 8.69. The van der Waals surface area contributed by atoms with Crippen LogP contribution < -0.4 is 5.32 Å². The van der Waals surface area contributed by atoms with Crippen molar-refractivity contribution < 1.29 is 15.0 Å². The number of rotatable bonds is 53. The van der Waals surface area contributed by atoms with Crippen LogP contribution in [-0.4, -0.2) is 34.9 Å². The molecular formula is C63H113NO3. The molecule has 0 aromatic carbocycles. The summed E-state index contributed by atoms with van der Waals surface area (Å²) in [6.45, 7) is 4.20. The topological polar surface area (TPSA) is 69.6 Å². The predicted molar refractivity (Wildman–Crippen MR) is 299 cm³/mol. The van der Waals surface area contributed by atoms with Crippen molar-refractivity contribution >= 4 is 5.91 Å². The summed E-state index contributed by atoms with van der Waals surface area (Å²) in [5, 5.41) is 23.1. The monoisotopic (exact) mass is 932 g/mol. The number of aliphatic hydroxyl groups excluding tert-OH is 2. The highest BCUT2D eigenvalue weighted by Crippen LogP contribution is 2.17. The summed E-state index contributed by atoms with van der Waals surface area (Å²) < 4.78 is 0. The number of nitrogens with one attached hydrogen (secondary N) is 1. The van der Waals surface area contributed by atoms with Gasteiger partial charge in [0, 0.05) is 6.42 Å². The van der Waals surface area contributed by atoms with E-state index in [2.05, 4.69) is 92.1 Å². The number of aliphatic hydroxyl groups is 2. The molecule has 4 nitrogen and oxygen atoms in total. The van der Waals surface area contributed by atoms with Crippen molar-refractivity contribution in [3.8, 4) is 0 Å². The lowest BCUT2D eigenvalue weighted by Crippen LogP contribution is -2.45. The number of amides is 1. The number of allylic oxidation sites excluding steroid dienone is 13. The summed E-state index contributed by atoms with van der Waals surface area (Å²) in [5.74, 6) is -0.0715. The Hall–Kier alpha value is -2.43. The molecule has 4 heteroatoms. The predicted octanol–water partition coefficient (Wildman–Crippen LogP) is 19.5. The first-order valence-corrected chi connectivity index (χ1v) is 29.3. The largest absolute Gasteiger partial charge is 0.394 e. The van der Waals surface area contributed by atoms with Gasteiger partial charge in [-0.05, 0) is 77.0 Å². The highest BCUT2D eigenvalue weighted by atomic mass is 16.3. The Labute approximate surface area is 418 Å². The molecule has 0 spiro atoms. The summed E-state index contributed by atoms with van der Waals surface area (Å²) >= 11 is 0. The summed E-state index contributed by atoms with van der Waals surface area (Å²) in [5.41, 5.74) is 0. The maximum atomic E-state index is 12.5. The molecule has 0 radical (unpaired) electrons. The quantitative estimate of drug-likeness (QED) is 0.0420. The van der Waals surface area contributed by atoms with Crippen LogP contribution in [0.25, 0.3) is 0 Å². The molecule has 2 atom stereocenters. The third kappa shape index (κ3) is 54.4. The molecule has 67 heavy (non-hydrogen) atoms. The van der Waals surface area contributed by atoms with Gasteiger partial charge < -0.3 is 15.5 Å². The van der Waals surface area contributed by atoms with Crippen molar-refractivity contribution in [3.63, 3.8) is 0 Å². The number of hydrogen-bond donors (Lipinski definition) is 3. The Morgan fingerprint density at radius 3 is 1.04 bits per heavy atom. The van der Waals surface area contributed by atoms with Crippen molar-refractivity contribution in [2.75, 3.05) is 6.61 Å². The number of unbranched alkanes of at least 4 members (excludes halogenated alkanes) is 34. The van der Waals surface area contributed by atoms with Crippen LogP contribution in [0.2, 0.25) is 0 Å². The van der Waals surface area contributed by atoms with Gasteiger partial charge in [-0.3, -0.25) is 4.79 Å². The maximum absolute atomic E-state index is 12.5. The van der Waals surface area contributed by atoms with E-state index in [1.54, 1.807) is 6.08 Å². The summed E-state index contributed by atoms with van der Waals surface area (Å²) in [6.07, 6.45) is 84.7. The van der Waals surface area contributed by atoms with Gasteiger partial charge in [-0.1, -0.05) is 292 Å². The molecule has 0 fully saturated rings. The molecule has 0 saturated heterocycles. The average molecular weight is 933 g/mol. The maximum Gasteiger partial charge on any atom is 0.220 e. The fourth-order valence-corrected chi connectivity index (χ4v) is 8.69. The number of carbonyl (C=O) groups excluding carboxylic acids is 1. The average Bonchev–Trinajstić information content (AvgIpc) is 3.33. The Balaban J connectivity index is 3.48. The molecule has 2 unspecified atom stereocenters. The standard InChI is InChI=1S/C63H113NO3/c1-3-5-7-9-11-13-15-17-19-21-23-24-25-26-27-28-29-30-31-32-33-34-35-36-37-38-39-40-41-43-45-47-49-51-53-55-57-59-63(67)64-61(60-65)62(66)58-56-54-52-50-48-46-44-42-22-20-18-16-14-12-10-8-6-4-2/h5,7,11,13,17,19,23-24,26-27,48,50,56,58,61-62,65-66H,3-4,6,8-10,12,14-16,18,20-22,25,28-47,49,51-55,57,59-60H2,1-2H3,(H,64,67)/b7-5-,13-11-,19-17-,24-23-,27-26-,50-48+,58-56+. The zero-order valence-corrected chi connectivity index (χ0v) is 44.7. The van der Waals surface area contributed by atoms with Crippen LogP contribution >= 0.6 is 0 Å². The first-order chi connectivity index (χ1) is 33.2. The highest BCUT2D eigenvalue weighted by molar-refractivity contribution is 5.76. The number of hydrogen-bond acceptors (Lipinski definition) is 3. The minimum absolute atomic E-state index is 0.0715. The van der Waals surface area contributed by atoms with E-state index in [1.807, 2.05) is 6.08 Å². The summed E-state index contributed by atoms with van der Waals surface area (Å²) in [7, 11) is 0. The van der Waals surface area contributed by atoms with Crippen LogP contribution in [0.15, 0.2) is 85.1 Å². The molecule has 0 bridgehead atoms. The van der Waals surface area contributed by atoms with Gasteiger partial charge >= 0.3 is 0 Å². The summed E-state index contributed by atoms with van der Waals surface area (Å²) in [4.78, 5) is 12.5. The molecule has 0 aliphatic carbocycles. The van der Waals surface area contributed by atoms with E-state index in [9.17, 15) is 15.0 Å². The van der Waals surface area contributed by atoms with Crippen LogP contribution in [-0.2, 0) is 4.79 Å². The van der Waals surface area contributed by atoms with Crippen molar-refractivity contribution in [2.45, 2.75) is 302 Å². The minimum Gasteiger partial charge on any atom is -0.394 e. The normalized spacial score (nSPS) is 13.4. The van der Waals surface area contributed by atoms with Gasteiger partial charge in [0.2, 0.25) is 5.91 Å². The second kappa shape index (κ2) is 57.9. The Morgan fingerprint density at radius 1 is 0.373 bits per heavy atom. The van der Waals surface area contributed by atoms with Crippen molar-refractivity contribution in [3.05, 3.63) is 85.1 Å². The van der Waals surface area contributed by atoms with Crippen molar-refractivity contribution in [2.24, 2.45) is 0 Å². The van der Waals surface area contributed by atoms with Crippen molar-refractivity contribution in [1.82, 2.24) is 5.32 Å². The van der Waals surface area contributed by atoms with E-state index >= 15 is 0 Å². The molecular weight excluding hydrogens is 819 g/mol. The van der Waals surface area contributed by atoms with Crippen LogP contribution in [0.4, 0.5) is 0 Å². The second-order valence-electron chi connectivity index (χ2n) is 19.7. The van der Waals surface area contributed by atoms with Gasteiger partial charge in [-0.15, -0.1) is 0 Å². The van der Waals surface area contributed by atoms with Gasteiger partial charge in [0.25, 0.3) is 0 Å². The first kappa shape index (κ1) is 64.6. The molecule has 0 aromatic rings. The SMILES string of the molecule is CC/C=C\C/C=C\C/C=C\C/C=C\C/C=C\CCCCCCCCCCCCCCCCCCCCCCCC(=O)NC(CO)C(O)/C=C/CC/C=C/CCCCCCCCCCCCCC. The van der Waals surface area contributed by atoms with Gasteiger partial charge in [0.1, 0.15) is 0 Å². The molecule has 0 saturated carbocycles. The Kier molecular flexibility index (Phi) is 55.8. The molecule has 1 amide bonds. The smallest absolute Gasteiger partial charge is 0.220 e. The second-order valence-corrected chi connectivity index (χ2v) is 19.7. The lowest BCUT2D eigenvalue weighted by atomic mass is 10.0. The van der Waals surface area contributed by atoms with E-state index in [1.165, 1.54) is 205 Å². The molecule has 0 aliphatic rings. The molecule has 0 rings (SSSR count). The van der Waals surface area contributed by atoms with Gasteiger partial charge in [-0.25, -0.2) is 0 Å². The van der Waals surface area contributed by atoms with Crippen molar-refractivity contribution in [1.29, 1.82) is 0 Å². The van der Waals surface area contributed by atoms with Gasteiger partial charge in [0.05, 0.1) is 18.8 Å². The van der Waals surface area contributed by atoms with Crippen LogP contribution in [0.3, 0.4) is 0 Å². The molecule has 388 valence electrons. The molecule has 0 heterocycles. The van der Waals surface area contributed by atoms with Crippen LogP contribution in [0, 0.1) is 0 Å². The van der Waals surface area contributed by atoms with E-state index in [0.717, 1.165) is 64.2 Å². The van der Waals surface area contributed by atoms with Crippen LogP contribution in [0.5, 0.6) is 0 Å². The van der Waals surface area contributed by atoms with Gasteiger partial charge in [0.15, 0.2) is 0 Å². The van der Waals surface area contributed by atoms with Crippen LogP contribution in [0.1, 0.15) is 290 Å². The lowest BCUT2D eigenvalue weighted by Gasteiger charge is -2.19. The van der Waals surface area contributed by atoms with Gasteiger partial charge in [-0.2, -0.15) is 0 Å². The van der Waals surface area contributed by atoms with E-state index in [4.69, 9.17) is 0 Å². The fraction of sp³-hybridized carbons (Fsp3) is 0.762. The zero-order valence-electron chi connectivity index (χ0n) is 44.7. The molecule has 3 N–H and O–H groups in total. The lowest BCUT2D eigenvalue weighted by molar-refractivity contribution is -0.123. The zero-order chi connectivity index (χ0) is 48.5. The molecule has 0 aliphatic heterocycles. The van der Waals surface area contributed by atoms with E-state index < -0.39 is 12.1 Å². The Morgan fingerprint density at radius 2 is 0.672 bits per heavy atom. The summed E-state index contributed by atoms with van der Waals surface area (Å²) in [6, 6.07) is -0.641. The number of carbonyl (C=O) groups is 1. The third-order valence-electron chi connectivity index (χ3n) is 13.1.